The summed E-state index contributed by atoms with van der Waals surface area (Å²) < 4.78 is 0. The monoisotopic (exact) mass is 307 g/mol. The number of hydrogen-bond acceptors (Lipinski definition) is 4. The average Bonchev–Trinajstić information content (AvgIpc) is 3.33. The van der Waals surface area contributed by atoms with E-state index >= 15 is 0 Å². The molecular weight excluding hydrogens is 278 g/mol. The van der Waals surface area contributed by atoms with E-state index in [9.17, 15) is 0 Å². The number of aryl methyl sites for hydroxylation is 1. The summed E-state index contributed by atoms with van der Waals surface area (Å²) in [6.07, 6.45) is 7.04. The zero-order valence-electron chi connectivity index (χ0n) is 13.9. The molecular formula is C17H29N3S. The van der Waals surface area contributed by atoms with Crippen LogP contribution in [0.5, 0.6) is 0 Å². The first-order valence-electron chi connectivity index (χ1n) is 8.09. The van der Waals surface area contributed by atoms with Gasteiger partial charge in [-0.2, -0.15) is 11.8 Å². The fourth-order valence-electron chi connectivity index (χ4n) is 2.35. The topological polar surface area (TPSA) is 28.2 Å². The Morgan fingerprint density at radius 2 is 2.19 bits per heavy atom. The Hall–Kier alpha value is -0.740. The van der Waals surface area contributed by atoms with Gasteiger partial charge in [0.05, 0.1) is 0 Å². The van der Waals surface area contributed by atoms with Crippen molar-refractivity contribution in [2.75, 3.05) is 24.0 Å². The maximum absolute atomic E-state index is 4.82. The summed E-state index contributed by atoms with van der Waals surface area (Å²) in [6, 6.07) is 5.79. The van der Waals surface area contributed by atoms with E-state index in [4.69, 9.17) is 4.98 Å². The maximum atomic E-state index is 4.82. The number of hydrogen-bond donors (Lipinski definition) is 1. The molecule has 0 saturated heterocycles. The molecule has 0 amide bonds. The van der Waals surface area contributed by atoms with Gasteiger partial charge in [0.15, 0.2) is 0 Å². The van der Waals surface area contributed by atoms with Crippen molar-refractivity contribution < 1.29 is 0 Å². The Kier molecular flexibility index (Phi) is 6.37. The minimum Gasteiger partial charge on any atom is -0.357 e. The Labute approximate surface area is 133 Å². The van der Waals surface area contributed by atoms with Crippen LogP contribution in [-0.4, -0.2) is 36.1 Å². The number of thioether (sulfide) groups is 1. The van der Waals surface area contributed by atoms with Crippen LogP contribution >= 0.6 is 11.8 Å². The Bertz CT molecular complexity index is 446. The summed E-state index contributed by atoms with van der Waals surface area (Å²) in [5.41, 5.74) is 2.57. The minimum absolute atomic E-state index is 0.529. The van der Waals surface area contributed by atoms with Crippen LogP contribution in [0.25, 0.3) is 0 Å². The molecule has 1 aromatic heterocycles. The molecule has 1 aliphatic carbocycles. The first kappa shape index (κ1) is 16.6. The van der Waals surface area contributed by atoms with Gasteiger partial charge in [-0.1, -0.05) is 6.92 Å². The highest BCUT2D eigenvalue weighted by atomic mass is 32.2. The second-order valence-electron chi connectivity index (χ2n) is 6.08. The third-order valence-electron chi connectivity index (χ3n) is 4.22. The molecule has 1 heterocycles. The van der Waals surface area contributed by atoms with E-state index in [0.717, 1.165) is 24.8 Å². The van der Waals surface area contributed by atoms with E-state index in [1.807, 2.05) is 11.8 Å². The van der Waals surface area contributed by atoms with E-state index < -0.39 is 0 Å². The average molecular weight is 308 g/mol. The molecule has 1 aromatic rings. The van der Waals surface area contributed by atoms with Crippen molar-refractivity contribution in [3.63, 3.8) is 0 Å². The second kappa shape index (κ2) is 8.04. The van der Waals surface area contributed by atoms with Crippen molar-refractivity contribution in [1.29, 1.82) is 0 Å². The van der Waals surface area contributed by atoms with Crippen molar-refractivity contribution in [3.05, 3.63) is 23.4 Å². The van der Waals surface area contributed by atoms with Crippen LogP contribution < -0.4 is 10.2 Å². The van der Waals surface area contributed by atoms with Gasteiger partial charge in [-0.15, -0.1) is 0 Å². The van der Waals surface area contributed by atoms with Crippen molar-refractivity contribution in [2.45, 2.75) is 58.2 Å². The third kappa shape index (κ3) is 5.19. The zero-order chi connectivity index (χ0) is 15.2. The molecule has 4 heteroatoms. The molecule has 21 heavy (non-hydrogen) atoms. The smallest absolute Gasteiger partial charge is 0.129 e. The summed E-state index contributed by atoms with van der Waals surface area (Å²) in [5, 5.41) is 3.60. The third-order valence-corrected chi connectivity index (χ3v) is 4.87. The normalized spacial score (nSPS) is 16.0. The molecule has 3 nitrogen and oxygen atoms in total. The van der Waals surface area contributed by atoms with Crippen LogP contribution in [0.4, 0.5) is 5.82 Å². The molecule has 2 rings (SSSR count). The number of nitrogens with zero attached hydrogens (tertiary/aromatic N) is 2. The first-order chi connectivity index (χ1) is 10.1. The fraction of sp³-hybridized carbons (Fsp3) is 0.706. The highest BCUT2D eigenvalue weighted by Crippen LogP contribution is 2.22. The second-order valence-corrected chi connectivity index (χ2v) is 7.06. The quantitative estimate of drug-likeness (QED) is 0.756. The lowest BCUT2D eigenvalue weighted by atomic mass is 10.1. The molecule has 1 unspecified atom stereocenters. The fourth-order valence-corrected chi connectivity index (χ4v) is 2.93. The van der Waals surface area contributed by atoms with Gasteiger partial charge in [0.25, 0.3) is 0 Å². The van der Waals surface area contributed by atoms with Gasteiger partial charge < -0.3 is 10.2 Å². The van der Waals surface area contributed by atoms with E-state index in [1.165, 1.54) is 36.3 Å². The van der Waals surface area contributed by atoms with Crippen LogP contribution in [0.1, 0.15) is 44.4 Å². The van der Waals surface area contributed by atoms with Gasteiger partial charge in [-0.25, -0.2) is 4.98 Å². The van der Waals surface area contributed by atoms with Gasteiger partial charge in [0.1, 0.15) is 5.82 Å². The maximum Gasteiger partial charge on any atom is 0.129 e. The Morgan fingerprint density at radius 3 is 2.81 bits per heavy atom. The lowest BCUT2D eigenvalue weighted by Gasteiger charge is -2.27. The summed E-state index contributed by atoms with van der Waals surface area (Å²) >= 11 is 1.91. The van der Waals surface area contributed by atoms with Gasteiger partial charge in [-0.3, -0.25) is 0 Å². The number of pyridine rings is 1. The summed E-state index contributed by atoms with van der Waals surface area (Å²) in [5.74, 6) is 2.32. The summed E-state index contributed by atoms with van der Waals surface area (Å²) in [6.45, 7) is 5.44. The molecule has 1 fully saturated rings. The molecule has 1 saturated carbocycles. The van der Waals surface area contributed by atoms with E-state index in [1.54, 1.807) is 0 Å². The molecule has 1 atom stereocenters. The molecule has 0 bridgehead atoms. The van der Waals surface area contributed by atoms with Gasteiger partial charge in [0, 0.05) is 31.4 Å². The van der Waals surface area contributed by atoms with E-state index in [0.29, 0.717) is 6.04 Å². The molecule has 1 N–H and O–H groups in total. The number of anilines is 1. The van der Waals surface area contributed by atoms with Crippen LogP contribution in [0.3, 0.4) is 0 Å². The van der Waals surface area contributed by atoms with Crippen LogP contribution in [0.2, 0.25) is 0 Å². The lowest BCUT2D eigenvalue weighted by Crippen LogP contribution is -2.30. The van der Waals surface area contributed by atoms with Crippen molar-refractivity contribution >= 4 is 17.6 Å². The highest BCUT2D eigenvalue weighted by molar-refractivity contribution is 7.98. The van der Waals surface area contributed by atoms with Gasteiger partial charge >= 0.3 is 0 Å². The van der Waals surface area contributed by atoms with Crippen LogP contribution in [0.15, 0.2) is 12.1 Å². The predicted molar refractivity (Wildman–Crippen MR) is 94.3 cm³/mol. The Balaban J connectivity index is 2.06. The molecule has 0 radical (unpaired) electrons. The van der Waals surface area contributed by atoms with Crippen molar-refractivity contribution in [2.24, 2.45) is 0 Å². The van der Waals surface area contributed by atoms with Gasteiger partial charge in [0.2, 0.25) is 0 Å². The lowest BCUT2D eigenvalue weighted by molar-refractivity contribution is 0.656. The molecule has 0 aliphatic heterocycles. The summed E-state index contributed by atoms with van der Waals surface area (Å²) in [7, 11) is 2.17. The highest BCUT2D eigenvalue weighted by Gasteiger charge is 2.20. The SMILES string of the molecule is CCc1cc(CNC2CC2)cc(N(C)C(C)CCSC)n1. The first-order valence-corrected chi connectivity index (χ1v) is 9.48. The van der Waals surface area contributed by atoms with Gasteiger partial charge in [-0.05, 0) is 62.3 Å². The van der Waals surface area contributed by atoms with Crippen molar-refractivity contribution in [1.82, 2.24) is 10.3 Å². The molecule has 0 aromatic carbocycles. The molecule has 118 valence electrons. The largest absolute Gasteiger partial charge is 0.357 e. The summed E-state index contributed by atoms with van der Waals surface area (Å²) in [4.78, 5) is 7.14. The predicted octanol–water partition coefficient (Wildman–Crippen LogP) is 3.47. The standard InChI is InChI=1S/C17H29N3S/c1-5-15-10-14(12-18-16-6-7-16)11-17(19-15)20(3)13(2)8-9-21-4/h10-11,13,16,18H,5-9,12H2,1-4H3. The van der Waals surface area contributed by atoms with Crippen LogP contribution in [0, 0.1) is 0 Å². The van der Waals surface area contributed by atoms with E-state index in [2.05, 4.69) is 49.5 Å². The molecule has 1 aliphatic rings. The minimum atomic E-state index is 0.529. The van der Waals surface area contributed by atoms with Crippen molar-refractivity contribution in [3.8, 4) is 0 Å². The molecule has 0 spiro atoms. The Morgan fingerprint density at radius 1 is 1.43 bits per heavy atom. The zero-order valence-corrected chi connectivity index (χ0v) is 14.7. The number of rotatable bonds is 9. The van der Waals surface area contributed by atoms with Crippen LogP contribution in [-0.2, 0) is 13.0 Å². The van der Waals surface area contributed by atoms with E-state index in [-0.39, 0.29) is 0 Å². The number of nitrogens with one attached hydrogen (secondary N) is 1. The number of aromatic nitrogens is 1.